The van der Waals surface area contributed by atoms with Gasteiger partial charge in [0.2, 0.25) is 10.0 Å². The van der Waals surface area contributed by atoms with Crippen LogP contribution in [-0.4, -0.2) is 38.6 Å². The van der Waals surface area contributed by atoms with Crippen LogP contribution in [0.5, 0.6) is 5.75 Å². The number of benzene rings is 3. The van der Waals surface area contributed by atoms with Crippen LogP contribution in [0.2, 0.25) is 0 Å². The van der Waals surface area contributed by atoms with E-state index < -0.39 is 33.9 Å². The van der Waals surface area contributed by atoms with E-state index in [2.05, 4.69) is 10.0 Å². The van der Waals surface area contributed by atoms with Crippen molar-refractivity contribution in [3.8, 4) is 16.9 Å². The number of nitrogens with one attached hydrogen (secondary N) is 2. The summed E-state index contributed by atoms with van der Waals surface area (Å²) >= 11 is 0. The Balaban J connectivity index is 0.00000400. The molecule has 1 heterocycles. The lowest BCUT2D eigenvalue weighted by molar-refractivity contribution is -0.140. The van der Waals surface area contributed by atoms with E-state index in [4.69, 9.17) is 9.15 Å². The number of anilines is 1. The van der Waals surface area contributed by atoms with Gasteiger partial charge in [-0.25, -0.2) is 8.42 Å². The lowest BCUT2D eigenvalue weighted by atomic mass is 10.1. The van der Waals surface area contributed by atoms with E-state index in [1.165, 1.54) is 12.1 Å². The van der Waals surface area contributed by atoms with Gasteiger partial charge in [-0.15, -0.1) is 0 Å². The van der Waals surface area contributed by atoms with Crippen molar-refractivity contribution in [1.29, 1.82) is 0 Å². The zero-order chi connectivity index (χ0) is 26.7. The molecule has 200 valence electrons. The van der Waals surface area contributed by atoms with Gasteiger partial charge in [0.1, 0.15) is 17.4 Å². The van der Waals surface area contributed by atoms with Crippen LogP contribution in [0.15, 0.2) is 82.1 Å². The van der Waals surface area contributed by atoms with Crippen LogP contribution in [0.25, 0.3) is 22.1 Å². The molecule has 1 amide bonds. The molecule has 1 atom stereocenters. The molecule has 1 aromatic heterocycles. The van der Waals surface area contributed by atoms with Crippen molar-refractivity contribution in [3.63, 3.8) is 0 Å². The predicted molar refractivity (Wildman–Crippen MR) is 150 cm³/mol. The van der Waals surface area contributed by atoms with Crippen molar-refractivity contribution in [1.82, 2.24) is 4.72 Å². The lowest BCUT2D eigenvalue weighted by Crippen LogP contribution is -2.44. The highest BCUT2D eigenvalue weighted by Crippen LogP contribution is 2.26. The number of amides is 1. The summed E-state index contributed by atoms with van der Waals surface area (Å²) in [6, 6.07) is 18.8. The van der Waals surface area contributed by atoms with E-state index in [0.717, 1.165) is 16.5 Å². The van der Waals surface area contributed by atoms with Crippen molar-refractivity contribution in [2.75, 3.05) is 12.4 Å². The molecule has 3 aromatic carbocycles. The number of carboxylic acids is 1. The summed E-state index contributed by atoms with van der Waals surface area (Å²) in [6.45, 7) is 3.26. The van der Waals surface area contributed by atoms with Gasteiger partial charge in [0, 0.05) is 11.1 Å². The van der Waals surface area contributed by atoms with Crippen molar-refractivity contribution < 1.29 is 32.3 Å². The maximum absolute atomic E-state index is 12.6. The molecule has 0 radical (unpaired) electrons. The third-order valence-corrected chi connectivity index (χ3v) is 7.26. The van der Waals surface area contributed by atoms with Gasteiger partial charge in [-0.3, -0.25) is 9.59 Å². The van der Waals surface area contributed by atoms with Gasteiger partial charge in [0.25, 0.3) is 5.91 Å². The number of carboxylic acid groups (broad SMARTS) is 1. The first kappa shape index (κ1) is 28.8. The summed E-state index contributed by atoms with van der Waals surface area (Å²) in [4.78, 5) is 24.0. The molecule has 0 bridgehead atoms. The van der Waals surface area contributed by atoms with Crippen LogP contribution in [0.4, 0.5) is 5.69 Å². The Morgan fingerprint density at radius 2 is 1.53 bits per heavy atom. The van der Waals surface area contributed by atoms with Crippen molar-refractivity contribution >= 4 is 52.1 Å². The summed E-state index contributed by atoms with van der Waals surface area (Å²) in [5.74, 6) is -1.21. The fraction of sp³-hybridized carbons (Fsp3) is 0.185. The number of furan rings is 1. The summed E-state index contributed by atoms with van der Waals surface area (Å²) in [5, 5.41) is 12.8. The van der Waals surface area contributed by atoms with Crippen LogP contribution in [0.1, 0.15) is 24.4 Å². The third-order valence-electron chi connectivity index (χ3n) is 5.80. The van der Waals surface area contributed by atoms with E-state index in [1.807, 2.05) is 0 Å². The Morgan fingerprint density at radius 1 is 0.921 bits per heavy atom. The zero-order valence-corrected chi connectivity index (χ0v) is 22.7. The van der Waals surface area contributed by atoms with E-state index in [-0.39, 0.29) is 24.2 Å². The van der Waals surface area contributed by atoms with Crippen molar-refractivity contribution in [2.24, 2.45) is 5.92 Å². The monoisotopic (exact) mass is 556 g/mol. The minimum atomic E-state index is -4.00. The Bertz CT molecular complexity index is 1540. The van der Waals surface area contributed by atoms with Crippen LogP contribution in [0, 0.1) is 5.92 Å². The molecular formula is C27H28N2O7S2. The number of carbonyl (C=O) groups is 2. The number of ether oxygens (including phenoxy) is 1. The van der Waals surface area contributed by atoms with Gasteiger partial charge in [-0.1, -0.05) is 38.1 Å². The second kappa shape index (κ2) is 11.7. The molecule has 9 nitrogen and oxygen atoms in total. The molecule has 0 unspecified atom stereocenters. The standard InChI is InChI=1S/C27H26N2O7S.H2S/c1-16(2)25(27(31)32)29-37(33,34)22-11-6-18(7-12-22)17-4-8-20(9-5-17)28-26(30)24-15-19-14-21(35-3)10-13-23(19)36-24;/h4-16,25,29H,1-3H3,(H,28,30)(H,31,32);1H2/t25-;/m0./s1. The van der Waals surface area contributed by atoms with Gasteiger partial charge in [-0.2, -0.15) is 18.2 Å². The highest BCUT2D eigenvalue weighted by molar-refractivity contribution is 7.89. The highest BCUT2D eigenvalue weighted by Gasteiger charge is 2.28. The second-order valence-electron chi connectivity index (χ2n) is 8.75. The molecule has 4 rings (SSSR count). The topological polar surface area (TPSA) is 135 Å². The lowest BCUT2D eigenvalue weighted by Gasteiger charge is -2.18. The fourth-order valence-electron chi connectivity index (χ4n) is 3.73. The summed E-state index contributed by atoms with van der Waals surface area (Å²) in [6.07, 6.45) is 0. The normalized spacial score (nSPS) is 12.1. The molecule has 0 aliphatic rings. The Labute approximate surface area is 227 Å². The predicted octanol–water partition coefficient (Wildman–Crippen LogP) is 4.86. The maximum atomic E-state index is 12.6. The third kappa shape index (κ3) is 6.36. The van der Waals surface area contributed by atoms with E-state index in [0.29, 0.717) is 17.0 Å². The number of aliphatic carboxylic acids is 1. The molecule has 38 heavy (non-hydrogen) atoms. The first-order valence-electron chi connectivity index (χ1n) is 11.4. The van der Waals surface area contributed by atoms with Gasteiger partial charge < -0.3 is 19.6 Å². The number of hydrogen-bond acceptors (Lipinski definition) is 6. The highest BCUT2D eigenvalue weighted by atomic mass is 32.2. The van der Waals surface area contributed by atoms with E-state index in [9.17, 15) is 23.1 Å². The summed E-state index contributed by atoms with van der Waals surface area (Å²) in [5.41, 5.74) is 2.69. The van der Waals surface area contributed by atoms with E-state index in [1.54, 1.807) is 81.6 Å². The molecule has 0 aliphatic heterocycles. The molecule has 4 aromatic rings. The number of carbonyl (C=O) groups excluding carboxylic acids is 1. The number of rotatable bonds is 9. The second-order valence-corrected chi connectivity index (χ2v) is 10.5. The van der Waals surface area contributed by atoms with Gasteiger partial charge in [-0.05, 0) is 65.6 Å². The van der Waals surface area contributed by atoms with Crippen LogP contribution in [-0.2, 0) is 14.8 Å². The largest absolute Gasteiger partial charge is 0.497 e. The molecular weight excluding hydrogens is 528 g/mol. The number of fused-ring (bicyclic) bond motifs is 1. The Morgan fingerprint density at radius 3 is 2.08 bits per heavy atom. The zero-order valence-electron chi connectivity index (χ0n) is 20.9. The van der Waals surface area contributed by atoms with Gasteiger partial charge >= 0.3 is 5.97 Å². The molecule has 0 spiro atoms. The van der Waals surface area contributed by atoms with Gasteiger partial charge in [0.05, 0.1) is 12.0 Å². The average molecular weight is 557 g/mol. The molecule has 0 fully saturated rings. The minimum absolute atomic E-state index is 0. The van der Waals surface area contributed by atoms with Crippen molar-refractivity contribution in [3.05, 3.63) is 78.6 Å². The smallest absolute Gasteiger partial charge is 0.322 e. The number of sulfonamides is 1. The van der Waals surface area contributed by atoms with Crippen LogP contribution >= 0.6 is 13.5 Å². The van der Waals surface area contributed by atoms with Crippen LogP contribution in [0.3, 0.4) is 0 Å². The summed E-state index contributed by atoms with van der Waals surface area (Å²) in [7, 11) is -2.44. The molecule has 0 saturated heterocycles. The maximum Gasteiger partial charge on any atom is 0.322 e. The van der Waals surface area contributed by atoms with Crippen molar-refractivity contribution in [2.45, 2.75) is 24.8 Å². The van der Waals surface area contributed by atoms with Gasteiger partial charge in [0.15, 0.2) is 5.76 Å². The average Bonchev–Trinajstić information content (AvgIpc) is 3.31. The SMILES string of the molecule is COc1ccc2oc(C(=O)Nc3ccc(-c4ccc(S(=O)(=O)N[C@H](C(=O)O)C(C)C)cc4)cc3)cc2c1.S. The number of hydrogen-bond donors (Lipinski definition) is 3. The molecule has 3 N–H and O–H groups in total. The molecule has 0 aliphatic carbocycles. The Kier molecular flexibility index (Phi) is 8.87. The minimum Gasteiger partial charge on any atom is -0.497 e. The van der Waals surface area contributed by atoms with E-state index >= 15 is 0 Å². The van der Waals surface area contributed by atoms with Crippen LogP contribution < -0.4 is 14.8 Å². The molecule has 0 saturated carbocycles. The molecule has 11 heteroatoms. The summed E-state index contributed by atoms with van der Waals surface area (Å²) < 4.78 is 38.3. The fourth-order valence-corrected chi connectivity index (χ4v) is 5.07. The first-order chi connectivity index (χ1) is 17.6. The number of methoxy groups -OCH3 is 1. The first-order valence-corrected chi connectivity index (χ1v) is 12.9. The quantitative estimate of drug-likeness (QED) is 0.268. The Hall–Kier alpha value is -3.80.